The van der Waals surface area contributed by atoms with Gasteiger partial charge in [-0.2, -0.15) is 0 Å². The predicted octanol–water partition coefficient (Wildman–Crippen LogP) is 4.34. The van der Waals surface area contributed by atoms with Crippen LogP contribution in [0.4, 0.5) is 17.2 Å². The van der Waals surface area contributed by atoms with Crippen molar-refractivity contribution in [2.75, 3.05) is 25.5 Å². The highest BCUT2D eigenvalue weighted by Gasteiger charge is 2.24. The standard InChI is InChI=1S/C23H23N5O4/c1-3-22(29)28-9-7-17(8-10-28)32-21-12-18-19(13-20(21)31-2)24-14-25-23(18)26-15-5-4-6-16(11-15)27-30/h3-6,11-14,17H,1,7-10H2,2H3,(H,24,25,26). The zero-order chi connectivity index (χ0) is 22.5. The van der Waals surface area contributed by atoms with Crippen LogP contribution in [0.5, 0.6) is 11.5 Å². The number of amides is 1. The summed E-state index contributed by atoms with van der Waals surface area (Å²) >= 11 is 0. The topological polar surface area (TPSA) is 106 Å². The molecule has 9 nitrogen and oxygen atoms in total. The minimum atomic E-state index is -0.0616. The van der Waals surface area contributed by atoms with Crippen LogP contribution < -0.4 is 14.8 Å². The molecule has 164 valence electrons. The number of anilines is 2. The molecular formula is C23H23N5O4. The van der Waals surface area contributed by atoms with Crippen LogP contribution in [0.15, 0.2) is 60.6 Å². The second kappa shape index (κ2) is 9.42. The van der Waals surface area contributed by atoms with E-state index in [4.69, 9.17) is 9.47 Å². The lowest BCUT2D eigenvalue weighted by atomic mass is 10.1. The Balaban J connectivity index is 1.60. The van der Waals surface area contributed by atoms with E-state index in [2.05, 4.69) is 27.0 Å². The van der Waals surface area contributed by atoms with Gasteiger partial charge in [0.25, 0.3) is 0 Å². The maximum absolute atomic E-state index is 11.8. The van der Waals surface area contributed by atoms with Crippen LogP contribution in [0.25, 0.3) is 10.9 Å². The molecule has 1 aliphatic heterocycles. The first-order chi connectivity index (χ1) is 15.6. The van der Waals surface area contributed by atoms with E-state index >= 15 is 0 Å². The van der Waals surface area contributed by atoms with Gasteiger partial charge in [0.15, 0.2) is 11.5 Å². The summed E-state index contributed by atoms with van der Waals surface area (Å²) in [5.74, 6) is 1.65. The lowest BCUT2D eigenvalue weighted by Gasteiger charge is -2.31. The number of hydrogen-bond donors (Lipinski definition) is 1. The highest BCUT2D eigenvalue weighted by Crippen LogP contribution is 2.36. The molecular weight excluding hydrogens is 410 g/mol. The number of rotatable bonds is 7. The molecule has 32 heavy (non-hydrogen) atoms. The Kier molecular flexibility index (Phi) is 6.25. The van der Waals surface area contributed by atoms with Crippen LogP contribution in [0.1, 0.15) is 12.8 Å². The quantitative estimate of drug-likeness (QED) is 0.436. The number of benzene rings is 2. The van der Waals surface area contributed by atoms with Crippen molar-refractivity contribution in [1.29, 1.82) is 0 Å². The van der Waals surface area contributed by atoms with Crippen molar-refractivity contribution in [1.82, 2.24) is 14.9 Å². The summed E-state index contributed by atoms with van der Waals surface area (Å²) in [4.78, 5) is 33.1. The van der Waals surface area contributed by atoms with Crippen LogP contribution in [-0.2, 0) is 4.79 Å². The highest BCUT2D eigenvalue weighted by atomic mass is 16.5. The number of likely N-dealkylation sites (tertiary alicyclic amines) is 1. The Hall–Kier alpha value is -4.01. The van der Waals surface area contributed by atoms with Crippen molar-refractivity contribution >= 4 is 34.0 Å². The molecule has 1 N–H and O–H groups in total. The monoisotopic (exact) mass is 433 g/mol. The Morgan fingerprint density at radius 3 is 2.75 bits per heavy atom. The Morgan fingerprint density at radius 1 is 1.22 bits per heavy atom. The minimum Gasteiger partial charge on any atom is -0.493 e. The first kappa shape index (κ1) is 21.2. The van der Waals surface area contributed by atoms with Crippen LogP contribution in [0, 0.1) is 4.91 Å². The molecule has 0 radical (unpaired) electrons. The molecule has 0 atom stereocenters. The average Bonchev–Trinajstić information content (AvgIpc) is 2.84. The first-order valence-corrected chi connectivity index (χ1v) is 10.2. The number of nitrogens with one attached hydrogen (secondary N) is 1. The molecule has 1 fully saturated rings. The number of piperidine rings is 1. The Bertz CT molecular complexity index is 1160. The second-order valence-corrected chi connectivity index (χ2v) is 7.36. The van der Waals surface area contributed by atoms with Crippen molar-refractivity contribution in [2.45, 2.75) is 18.9 Å². The molecule has 3 aromatic rings. The van der Waals surface area contributed by atoms with E-state index in [1.807, 2.05) is 12.1 Å². The van der Waals surface area contributed by atoms with Gasteiger partial charge < -0.3 is 19.7 Å². The average molecular weight is 433 g/mol. The van der Waals surface area contributed by atoms with E-state index < -0.39 is 0 Å². The minimum absolute atomic E-state index is 0.0494. The van der Waals surface area contributed by atoms with Gasteiger partial charge in [-0.1, -0.05) is 12.6 Å². The first-order valence-electron chi connectivity index (χ1n) is 10.2. The van der Waals surface area contributed by atoms with Crippen molar-refractivity contribution in [3.8, 4) is 11.5 Å². The van der Waals surface area contributed by atoms with Crippen molar-refractivity contribution in [3.05, 3.63) is 60.3 Å². The molecule has 1 aromatic heterocycles. The number of nitroso groups, excluding NO2 is 1. The highest BCUT2D eigenvalue weighted by molar-refractivity contribution is 5.93. The van der Waals surface area contributed by atoms with E-state index in [1.54, 1.807) is 36.3 Å². The number of hydrogen-bond acceptors (Lipinski definition) is 8. The summed E-state index contributed by atoms with van der Waals surface area (Å²) in [5, 5.41) is 6.93. The predicted molar refractivity (Wildman–Crippen MR) is 122 cm³/mol. The molecule has 0 bridgehead atoms. The fourth-order valence-electron chi connectivity index (χ4n) is 3.70. The molecule has 1 amide bonds. The number of ether oxygens (including phenoxy) is 2. The van der Waals surface area contributed by atoms with Gasteiger partial charge in [-0.15, -0.1) is 4.91 Å². The van der Waals surface area contributed by atoms with Crippen molar-refractivity contribution < 1.29 is 14.3 Å². The molecule has 0 spiro atoms. The summed E-state index contributed by atoms with van der Waals surface area (Å²) < 4.78 is 11.8. The normalized spacial score (nSPS) is 14.1. The second-order valence-electron chi connectivity index (χ2n) is 7.36. The molecule has 1 saturated heterocycles. The summed E-state index contributed by atoms with van der Waals surface area (Å²) in [7, 11) is 1.58. The van der Waals surface area contributed by atoms with E-state index in [0.29, 0.717) is 60.1 Å². The summed E-state index contributed by atoms with van der Waals surface area (Å²) in [6.07, 6.45) is 4.17. The molecule has 2 heterocycles. The number of aromatic nitrogens is 2. The molecule has 0 saturated carbocycles. The van der Waals surface area contributed by atoms with E-state index in [0.717, 1.165) is 5.39 Å². The third-order valence-corrected chi connectivity index (χ3v) is 5.36. The molecule has 2 aromatic carbocycles. The van der Waals surface area contributed by atoms with Crippen LogP contribution in [-0.4, -0.2) is 47.1 Å². The third kappa shape index (κ3) is 4.51. The zero-order valence-electron chi connectivity index (χ0n) is 17.7. The summed E-state index contributed by atoms with van der Waals surface area (Å²) in [5.41, 5.74) is 1.68. The van der Waals surface area contributed by atoms with Crippen molar-refractivity contribution in [3.63, 3.8) is 0 Å². The number of carbonyl (C=O) groups excluding carboxylic acids is 1. The fraction of sp³-hybridized carbons (Fsp3) is 0.261. The van der Waals surface area contributed by atoms with Gasteiger partial charge in [0.1, 0.15) is 23.9 Å². The van der Waals surface area contributed by atoms with Gasteiger partial charge in [-0.05, 0) is 35.5 Å². The summed E-state index contributed by atoms with van der Waals surface area (Å²) in [6, 6.07) is 10.5. The molecule has 1 aliphatic rings. The molecule has 9 heteroatoms. The van der Waals surface area contributed by atoms with Crippen LogP contribution in [0.2, 0.25) is 0 Å². The number of methoxy groups -OCH3 is 1. The fourth-order valence-corrected chi connectivity index (χ4v) is 3.70. The third-order valence-electron chi connectivity index (χ3n) is 5.36. The Labute approximate surface area is 185 Å². The Morgan fingerprint density at radius 2 is 2.03 bits per heavy atom. The smallest absolute Gasteiger partial charge is 0.245 e. The van der Waals surface area contributed by atoms with E-state index in [9.17, 15) is 9.70 Å². The van der Waals surface area contributed by atoms with E-state index in [-0.39, 0.29) is 12.0 Å². The largest absolute Gasteiger partial charge is 0.493 e. The number of nitrogens with zero attached hydrogens (tertiary/aromatic N) is 4. The molecule has 0 unspecified atom stereocenters. The number of fused-ring (bicyclic) bond motifs is 1. The van der Waals surface area contributed by atoms with E-state index in [1.165, 1.54) is 12.4 Å². The zero-order valence-corrected chi connectivity index (χ0v) is 17.7. The summed E-state index contributed by atoms with van der Waals surface area (Å²) in [6.45, 7) is 4.77. The van der Waals surface area contributed by atoms with Gasteiger partial charge in [0.05, 0.1) is 12.6 Å². The van der Waals surface area contributed by atoms with Crippen LogP contribution >= 0.6 is 0 Å². The van der Waals surface area contributed by atoms with Crippen LogP contribution in [0.3, 0.4) is 0 Å². The van der Waals surface area contributed by atoms with Crippen molar-refractivity contribution in [2.24, 2.45) is 5.18 Å². The van der Waals surface area contributed by atoms with Gasteiger partial charge in [0.2, 0.25) is 5.91 Å². The van der Waals surface area contributed by atoms with Gasteiger partial charge in [-0.25, -0.2) is 9.97 Å². The maximum atomic E-state index is 11.8. The molecule has 4 rings (SSSR count). The number of carbonyl (C=O) groups is 1. The van der Waals surface area contributed by atoms with Gasteiger partial charge in [0, 0.05) is 43.1 Å². The van der Waals surface area contributed by atoms with Gasteiger partial charge >= 0.3 is 0 Å². The van der Waals surface area contributed by atoms with Gasteiger partial charge in [-0.3, -0.25) is 4.79 Å². The SMILES string of the molecule is C=CC(=O)N1CCC(Oc2cc3c(Nc4cccc(N=O)c4)ncnc3cc2OC)CC1. The lowest BCUT2D eigenvalue weighted by molar-refractivity contribution is -0.127. The lowest BCUT2D eigenvalue weighted by Crippen LogP contribution is -2.41. The maximum Gasteiger partial charge on any atom is 0.245 e. The molecule has 0 aliphatic carbocycles.